The molecule has 2 rings (SSSR count). The summed E-state index contributed by atoms with van der Waals surface area (Å²) in [6, 6.07) is 2.65. The van der Waals surface area contributed by atoms with E-state index >= 15 is 0 Å². The Kier molecular flexibility index (Phi) is 4.60. The molecule has 0 aromatic carbocycles. The fraction of sp³-hybridized carbons (Fsp3) is 0.600. The van der Waals surface area contributed by atoms with E-state index in [1.165, 1.54) is 9.88 Å². The number of hydrogen-bond donors (Lipinski definition) is 1. The van der Waals surface area contributed by atoms with Gasteiger partial charge in [-0.25, -0.2) is 4.98 Å². The summed E-state index contributed by atoms with van der Waals surface area (Å²) in [6.45, 7) is 11.8. The van der Waals surface area contributed by atoms with Gasteiger partial charge in [-0.15, -0.1) is 11.3 Å². The summed E-state index contributed by atoms with van der Waals surface area (Å²) in [7, 11) is 0. The summed E-state index contributed by atoms with van der Waals surface area (Å²) >= 11 is 1.79. The molecule has 0 bridgehead atoms. The van der Waals surface area contributed by atoms with Crippen LogP contribution in [0.3, 0.4) is 0 Å². The third-order valence-electron chi connectivity index (χ3n) is 3.46. The van der Waals surface area contributed by atoms with Gasteiger partial charge in [0.2, 0.25) is 0 Å². The first-order valence-electron chi connectivity index (χ1n) is 7.05. The van der Waals surface area contributed by atoms with Crippen molar-refractivity contribution in [1.82, 2.24) is 20.1 Å². The van der Waals surface area contributed by atoms with E-state index in [2.05, 4.69) is 50.0 Å². The second kappa shape index (κ2) is 6.06. The fourth-order valence-electron chi connectivity index (χ4n) is 1.92. The molecule has 0 unspecified atom stereocenters. The number of nitrogens with zero attached hydrogens (tertiary/aromatic N) is 3. The van der Waals surface area contributed by atoms with Crippen LogP contribution in [0, 0.1) is 0 Å². The Balaban J connectivity index is 1.90. The van der Waals surface area contributed by atoms with Crippen molar-refractivity contribution < 1.29 is 0 Å². The molecule has 5 heteroatoms. The summed E-state index contributed by atoms with van der Waals surface area (Å²) in [4.78, 5) is 5.81. The minimum absolute atomic E-state index is 0.136. The van der Waals surface area contributed by atoms with E-state index in [1.807, 2.05) is 29.3 Å². The van der Waals surface area contributed by atoms with Crippen LogP contribution < -0.4 is 5.32 Å². The molecule has 2 atom stereocenters. The molecule has 0 aliphatic heterocycles. The summed E-state index contributed by atoms with van der Waals surface area (Å²) in [5.41, 5.74) is 0.136. The zero-order valence-corrected chi connectivity index (χ0v) is 13.7. The van der Waals surface area contributed by atoms with Crippen molar-refractivity contribution in [2.24, 2.45) is 0 Å². The van der Waals surface area contributed by atoms with Gasteiger partial charge in [0, 0.05) is 41.5 Å². The quantitative estimate of drug-likeness (QED) is 0.918. The zero-order valence-electron chi connectivity index (χ0n) is 12.9. The van der Waals surface area contributed by atoms with Crippen molar-refractivity contribution in [3.8, 4) is 0 Å². The molecule has 0 saturated heterocycles. The molecule has 2 aromatic heterocycles. The molecule has 0 aliphatic rings. The lowest BCUT2D eigenvalue weighted by Crippen LogP contribution is -2.33. The lowest BCUT2D eigenvalue weighted by Gasteiger charge is -2.21. The van der Waals surface area contributed by atoms with E-state index in [-0.39, 0.29) is 5.41 Å². The molecule has 0 amide bonds. The number of hydrogen-bond acceptors (Lipinski definition) is 4. The van der Waals surface area contributed by atoms with E-state index < -0.39 is 0 Å². The minimum atomic E-state index is 0.136. The molecular formula is C15H24N4S. The van der Waals surface area contributed by atoms with Crippen molar-refractivity contribution in [2.75, 3.05) is 0 Å². The molecule has 2 heterocycles. The molecule has 4 nitrogen and oxygen atoms in total. The minimum Gasteiger partial charge on any atom is -0.307 e. The maximum absolute atomic E-state index is 4.52. The maximum atomic E-state index is 4.52. The van der Waals surface area contributed by atoms with Crippen molar-refractivity contribution in [1.29, 1.82) is 0 Å². The van der Waals surface area contributed by atoms with Crippen LogP contribution in [0.25, 0.3) is 0 Å². The van der Waals surface area contributed by atoms with Gasteiger partial charge >= 0.3 is 0 Å². The normalized spacial score (nSPS) is 15.2. The lowest BCUT2D eigenvalue weighted by molar-refractivity contribution is 0.366. The zero-order chi connectivity index (χ0) is 14.8. The Bertz CT molecular complexity index is 524. The highest BCUT2D eigenvalue weighted by atomic mass is 32.1. The maximum Gasteiger partial charge on any atom is 0.0981 e. The Hall–Kier alpha value is -1.20. The molecular weight excluding hydrogens is 268 g/mol. The monoisotopic (exact) mass is 292 g/mol. The largest absolute Gasteiger partial charge is 0.307 e. The Labute approximate surface area is 125 Å². The summed E-state index contributed by atoms with van der Waals surface area (Å²) in [6.07, 6.45) is 5.82. The molecule has 1 N–H and O–H groups in total. The number of rotatable bonds is 5. The SMILES string of the molecule is C[C@H](NCc1cnc(C(C)(C)C)s1)[C@@H](C)n1cccn1. The highest BCUT2D eigenvalue weighted by molar-refractivity contribution is 7.11. The third-order valence-corrected chi connectivity index (χ3v) is 4.88. The van der Waals surface area contributed by atoms with Crippen molar-refractivity contribution in [3.05, 3.63) is 34.5 Å². The molecule has 0 fully saturated rings. The third kappa shape index (κ3) is 3.67. The summed E-state index contributed by atoms with van der Waals surface area (Å²) in [5, 5.41) is 9.05. The van der Waals surface area contributed by atoms with Gasteiger partial charge in [-0.3, -0.25) is 4.68 Å². The van der Waals surface area contributed by atoms with Gasteiger partial charge in [-0.05, 0) is 19.9 Å². The first-order chi connectivity index (χ1) is 9.38. The Morgan fingerprint density at radius 1 is 1.35 bits per heavy atom. The van der Waals surface area contributed by atoms with E-state index in [9.17, 15) is 0 Å². The highest BCUT2D eigenvalue weighted by Gasteiger charge is 2.19. The van der Waals surface area contributed by atoms with Gasteiger partial charge in [0.25, 0.3) is 0 Å². The second-order valence-electron chi connectivity index (χ2n) is 6.28. The predicted molar refractivity (Wildman–Crippen MR) is 84.1 cm³/mol. The van der Waals surface area contributed by atoms with Crippen LogP contribution in [-0.4, -0.2) is 20.8 Å². The van der Waals surface area contributed by atoms with E-state index in [1.54, 1.807) is 11.3 Å². The molecule has 0 spiro atoms. The van der Waals surface area contributed by atoms with Gasteiger partial charge in [-0.2, -0.15) is 5.10 Å². The van der Waals surface area contributed by atoms with Gasteiger partial charge in [0.1, 0.15) is 0 Å². The first kappa shape index (κ1) is 15.2. The van der Waals surface area contributed by atoms with Crippen LogP contribution in [0.4, 0.5) is 0 Å². The Morgan fingerprint density at radius 2 is 2.10 bits per heavy atom. The fourth-order valence-corrected chi connectivity index (χ4v) is 2.84. The Morgan fingerprint density at radius 3 is 2.65 bits per heavy atom. The predicted octanol–water partition coefficient (Wildman–Crippen LogP) is 3.38. The van der Waals surface area contributed by atoms with Crippen molar-refractivity contribution in [3.63, 3.8) is 0 Å². The van der Waals surface area contributed by atoms with Gasteiger partial charge in [-0.1, -0.05) is 20.8 Å². The first-order valence-corrected chi connectivity index (χ1v) is 7.87. The second-order valence-corrected chi connectivity index (χ2v) is 7.39. The lowest BCUT2D eigenvalue weighted by atomic mass is 9.98. The van der Waals surface area contributed by atoms with Crippen molar-refractivity contribution in [2.45, 2.75) is 58.7 Å². The van der Waals surface area contributed by atoms with Crippen LogP contribution in [0.2, 0.25) is 0 Å². The molecule has 2 aromatic rings. The number of nitrogens with one attached hydrogen (secondary N) is 1. The van der Waals surface area contributed by atoms with Gasteiger partial charge in [0.15, 0.2) is 0 Å². The van der Waals surface area contributed by atoms with Crippen LogP contribution in [-0.2, 0) is 12.0 Å². The van der Waals surface area contributed by atoms with Crippen LogP contribution in [0.15, 0.2) is 24.7 Å². The topological polar surface area (TPSA) is 42.7 Å². The molecule has 20 heavy (non-hydrogen) atoms. The van der Waals surface area contributed by atoms with Crippen molar-refractivity contribution >= 4 is 11.3 Å². The number of aromatic nitrogens is 3. The van der Waals surface area contributed by atoms with E-state index in [4.69, 9.17) is 0 Å². The van der Waals surface area contributed by atoms with Crippen LogP contribution >= 0.6 is 11.3 Å². The molecule has 110 valence electrons. The van der Waals surface area contributed by atoms with Crippen LogP contribution in [0.5, 0.6) is 0 Å². The summed E-state index contributed by atoms with van der Waals surface area (Å²) < 4.78 is 1.99. The van der Waals surface area contributed by atoms with E-state index in [0.29, 0.717) is 12.1 Å². The standard InChI is InChI=1S/C15H24N4S/c1-11(12(2)19-8-6-7-18-19)16-9-13-10-17-14(20-13)15(3,4)5/h6-8,10-12,16H,9H2,1-5H3/t11-,12+/m0/s1. The summed E-state index contributed by atoms with van der Waals surface area (Å²) in [5.74, 6) is 0. The average Bonchev–Trinajstić information content (AvgIpc) is 3.04. The number of thiazole rings is 1. The van der Waals surface area contributed by atoms with Gasteiger partial charge < -0.3 is 5.32 Å². The molecule has 0 saturated carbocycles. The van der Waals surface area contributed by atoms with E-state index in [0.717, 1.165) is 6.54 Å². The average molecular weight is 292 g/mol. The smallest absolute Gasteiger partial charge is 0.0981 e. The highest BCUT2D eigenvalue weighted by Crippen LogP contribution is 2.26. The van der Waals surface area contributed by atoms with Gasteiger partial charge in [0.05, 0.1) is 11.0 Å². The van der Waals surface area contributed by atoms with Crippen LogP contribution in [0.1, 0.15) is 50.5 Å². The molecule has 0 radical (unpaired) electrons. The molecule has 0 aliphatic carbocycles.